The third-order valence-corrected chi connectivity index (χ3v) is 5.34. The summed E-state index contributed by atoms with van der Waals surface area (Å²) in [7, 11) is -7.03. The van der Waals surface area contributed by atoms with Gasteiger partial charge in [-0.15, -0.1) is 0 Å². The highest BCUT2D eigenvalue weighted by molar-refractivity contribution is 7.89. The second kappa shape index (κ2) is 7.44. The Labute approximate surface area is 131 Å². The van der Waals surface area contributed by atoms with Crippen molar-refractivity contribution in [3.63, 3.8) is 0 Å². The van der Waals surface area contributed by atoms with Crippen molar-refractivity contribution >= 4 is 20.0 Å². The second-order valence-electron chi connectivity index (χ2n) is 5.62. The van der Waals surface area contributed by atoms with Crippen molar-refractivity contribution in [2.75, 3.05) is 0 Å². The molecule has 1 aromatic heterocycles. The molecule has 0 saturated heterocycles. The lowest BCUT2D eigenvalue weighted by Crippen LogP contribution is -2.32. The van der Waals surface area contributed by atoms with Crippen molar-refractivity contribution in [1.29, 1.82) is 0 Å². The molecule has 0 amide bonds. The first kappa shape index (κ1) is 18.9. The molecule has 0 aliphatic rings. The molecule has 0 saturated carbocycles. The highest BCUT2D eigenvalue weighted by Gasteiger charge is 2.17. The summed E-state index contributed by atoms with van der Waals surface area (Å²) in [6, 6.07) is 0.998. The predicted molar refractivity (Wildman–Crippen MR) is 83.8 cm³/mol. The Morgan fingerprint density at radius 1 is 0.955 bits per heavy atom. The van der Waals surface area contributed by atoms with Gasteiger partial charge in [-0.25, -0.2) is 26.3 Å². The largest absolute Gasteiger partial charge is 0.217 e. The van der Waals surface area contributed by atoms with Crippen molar-refractivity contribution in [2.24, 2.45) is 0 Å². The van der Waals surface area contributed by atoms with Crippen LogP contribution in [0, 0.1) is 0 Å². The summed E-state index contributed by atoms with van der Waals surface area (Å²) >= 11 is 0. The van der Waals surface area contributed by atoms with Gasteiger partial charge in [-0.05, 0) is 39.3 Å². The number of nitrogens with zero attached hydrogens (tertiary/aromatic N) is 2. The van der Waals surface area contributed by atoms with Gasteiger partial charge in [0.2, 0.25) is 20.0 Å². The van der Waals surface area contributed by atoms with Crippen molar-refractivity contribution in [1.82, 2.24) is 19.6 Å². The van der Waals surface area contributed by atoms with Crippen LogP contribution < -0.4 is 9.44 Å². The number of sulfonamides is 2. The molecule has 0 spiro atoms. The maximum atomic E-state index is 11.9. The van der Waals surface area contributed by atoms with Crippen LogP contribution in [0.3, 0.4) is 0 Å². The summed E-state index contributed by atoms with van der Waals surface area (Å²) < 4.78 is 52.3. The standard InChI is InChI=1S/C12H22N4O4S2/c1-9(2)15-21(17,18)7-11-5-12(14-13-6-11)8-22(19,20)16-10(3)4/h5-6,9-10,15-16H,7-8H2,1-4H3. The second-order valence-corrected chi connectivity index (χ2v) is 9.13. The average molecular weight is 350 g/mol. The summed E-state index contributed by atoms with van der Waals surface area (Å²) in [5.74, 6) is -0.616. The van der Waals surface area contributed by atoms with Gasteiger partial charge >= 0.3 is 0 Å². The summed E-state index contributed by atoms with van der Waals surface area (Å²) in [6.45, 7) is 6.86. The summed E-state index contributed by atoms with van der Waals surface area (Å²) in [6.07, 6.45) is 1.31. The van der Waals surface area contributed by atoms with Gasteiger partial charge in [0.25, 0.3) is 0 Å². The van der Waals surface area contributed by atoms with E-state index in [1.165, 1.54) is 12.3 Å². The third-order valence-electron chi connectivity index (χ3n) is 2.29. The van der Waals surface area contributed by atoms with E-state index in [0.29, 0.717) is 5.56 Å². The van der Waals surface area contributed by atoms with Gasteiger partial charge < -0.3 is 0 Å². The fourth-order valence-electron chi connectivity index (χ4n) is 1.82. The van der Waals surface area contributed by atoms with Gasteiger partial charge in [0, 0.05) is 12.1 Å². The van der Waals surface area contributed by atoms with Crippen molar-refractivity contribution in [3.05, 3.63) is 23.5 Å². The summed E-state index contributed by atoms with van der Waals surface area (Å²) in [5, 5.41) is 7.42. The normalized spacial score (nSPS) is 13.0. The van der Waals surface area contributed by atoms with Crippen LogP contribution >= 0.6 is 0 Å². The molecule has 1 heterocycles. The minimum atomic E-state index is -3.53. The van der Waals surface area contributed by atoms with E-state index < -0.39 is 20.0 Å². The van der Waals surface area contributed by atoms with E-state index in [-0.39, 0.29) is 29.3 Å². The molecule has 1 rings (SSSR count). The molecule has 1 aromatic rings. The Morgan fingerprint density at radius 3 is 1.95 bits per heavy atom. The smallest absolute Gasteiger partial charge is 0.212 e. The lowest BCUT2D eigenvalue weighted by Gasteiger charge is -2.11. The first-order chi connectivity index (χ1) is 9.99. The predicted octanol–water partition coefficient (Wildman–Crippen LogP) is 0.132. The van der Waals surface area contributed by atoms with E-state index in [1.807, 2.05) is 0 Å². The molecule has 0 atom stereocenters. The monoisotopic (exact) mass is 350 g/mol. The zero-order valence-corrected chi connectivity index (χ0v) is 14.7. The number of hydrogen-bond acceptors (Lipinski definition) is 6. The number of nitrogens with one attached hydrogen (secondary N) is 2. The molecule has 8 nitrogen and oxygen atoms in total. The molecule has 0 unspecified atom stereocenters. The Balaban J connectivity index is 2.87. The van der Waals surface area contributed by atoms with E-state index >= 15 is 0 Å². The third kappa shape index (κ3) is 7.25. The number of aromatic nitrogens is 2. The summed E-state index contributed by atoms with van der Waals surface area (Å²) in [4.78, 5) is 0. The minimum absolute atomic E-state index is 0.199. The van der Waals surface area contributed by atoms with Gasteiger partial charge in [-0.3, -0.25) is 0 Å². The average Bonchev–Trinajstić information content (AvgIpc) is 2.23. The molecule has 0 aromatic carbocycles. The van der Waals surface area contributed by atoms with Gasteiger partial charge in [-0.2, -0.15) is 10.2 Å². The first-order valence-corrected chi connectivity index (χ1v) is 10.1. The van der Waals surface area contributed by atoms with Gasteiger partial charge in [0.05, 0.1) is 17.6 Å². The van der Waals surface area contributed by atoms with Crippen LogP contribution in [0.1, 0.15) is 39.0 Å². The van der Waals surface area contributed by atoms with E-state index in [1.54, 1.807) is 27.7 Å². The topological polar surface area (TPSA) is 118 Å². The van der Waals surface area contributed by atoms with Crippen LogP contribution in [0.25, 0.3) is 0 Å². The van der Waals surface area contributed by atoms with Crippen LogP contribution in [0.2, 0.25) is 0 Å². The Kier molecular flexibility index (Phi) is 6.41. The molecular formula is C12H22N4O4S2. The highest BCUT2D eigenvalue weighted by Crippen LogP contribution is 2.08. The van der Waals surface area contributed by atoms with Crippen LogP contribution in [0.15, 0.2) is 12.3 Å². The quantitative estimate of drug-likeness (QED) is 0.688. The van der Waals surface area contributed by atoms with Crippen LogP contribution in [-0.4, -0.2) is 39.1 Å². The minimum Gasteiger partial charge on any atom is -0.212 e. The number of hydrogen-bond donors (Lipinski definition) is 2. The lowest BCUT2D eigenvalue weighted by molar-refractivity contribution is 0.567. The lowest BCUT2D eigenvalue weighted by atomic mass is 10.3. The van der Waals surface area contributed by atoms with Crippen molar-refractivity contribution in [2.45, 2.75) is 51.3 Å². The highest BCUT2D eigenvalue weighted by atomic mass is 32.2. The zero-order chi connectivity index (χ0) is 17.0. The molecule has 0 bridgehead atoms. The molecule has 126 valence electrons. The molecule has 0 aliphatic carbocycles. The fraction of sp³-hybridized carbons (Fsp3) is 0.667. The maximum Gasteiger partial charge on any atom is 0.217 e. The Morgan fingerprint density at radius 2 is 1.45 bits per heavy atom. The van der Waals surface area contributed by atoms with Crippen molar-refractivity contribution < 1.29 is 16.8 Å². The van der Waals surface area contributed by atoms with Gasteiger partial charge in [-0.1, -0.05) is 0 Å². The Bertz CT molecular complexity index is 642. The summed E-state index contributed by atoms with van der Waals surface area (Å²) in [5.41, 5.74) is 0.586. The SMILES string of the molecule is CC(C)NS(=O)(=O)Cc1cnnc(CS(=O)(=O)NC(C)C)c1. The van der Waals surface area contributed by atoms with Crippen LogP contribution in [0.4, 0.5) is 0 Å². The van der Waals surface area contributed by atoms with E-state index in [4.69, 9.17) is 0 Å². The number of rotatable bonds is 8. The molecule has 0 fully saturated rings. The van der Waals surface area contributed by atoms with E-state index in [2.05, 4.69) is 19.6 Å². The molecule has 0 aliphatic heterocycles. The van der Waals surface area contributed by atoms with Crippen molar-refractivity contribution in [3.8, 4) is 0 Å². The molecule has 0 radical (unpaired) electrons. The van der Waals surface area contributed by atoms with Crippen LogP contribution in [0.5, 0.6) is 0 Å². The van der Waals surface area contributed by atoms with Crippen LogP contribution in [-0.2, 0) is 31.6 Å². The van der Waals surface area contributed by atoms with Gasteiger partial charge in [0.1, 0.15) is 5.75 Å². The maximum absolute atomic E-state index is 11.9. The van der Waals surface area contributed by atoms with E-state index in [0.717, 1.165) is 0 Å². The molecule has 10 heteroatoms. The first-order valence-electron chi connectivity index (χ1n) is 6.79. The van der Waals surface area contributed by atoms with E-state index in [9.17, 15) is 16.8 Å². The molecular weight excluding hydrogens is 328 g/mol. The zero-order valence-electron chi connectivity index (χ0n) is 13.1. The molecule has 22 heavy (non-hydrogen) atoms. The van der Waals surface area contributed by atoms with Gasteiger partial charge in [0.15, 0.2) is 0 Å². The Hall–Kier alpha value is -1.10. The fourth-order valence-corrected chi connectivity index (χ4v) is 4.55. The molecule has 2 N–H and O–H groups in total.